The van der Waals surface area contributed by atoms with Crippen molar-refractivity contribution in [2.75, 3.05) is 20.8 Å². The molecule has 0 spiro atoms. The molecule has 0 aliphatic rings. The fourth-order valence-electron chi connectivity index (χ4n) is 2.29. The van der Waals surface area contributed by atoms with E-state index in [0.29, 0.717) is 10.2 Å². The number of nitrogens with zero attached hydrogens (tertiary/aromatic N) is 1. The highest BCUT2D eigenvalue weighted by Gasteiger charge is 2.24. The maximum Gasteiger partial charge on any atom is 0.338 e. The van der Waals surface area contributed by atoms with Gasteiger partial charge in [-0.3, -0.25) is 0 Å². The van der Waals surface area contributed by atoms with E-state index >= 15 is 0 Å². The van der Waals surface area contributed by atoms with Gasteiger partial charge in [-0.1, -0.05) is 12.1 Å². The van der Waals surface area contributed by atoms with Gasteiger partial charge in [-0.15, -0.1) is 0 Å². The summed E-state index contributed by atoms with van der Waals surface area (Å²) < 4.78 is 37.3. The van der Waals surface area contributed by atoms with Gasteiger partial charge in [0.2, 0.25) is 10.0 Å². The molecular formula is C18H20BrNO5S. The van der Waals surface area contributed by atoms with Crippen molar-refractivity contribution >= 4 is 31.9 Å². The van der Waals surface area contributed by atoms with Crippen LogP contribution in [0.4, 0.5) is 0 Å². The molecule has 26 heavy (non-hydrogen) atoms. The second-order valence-electron chi connectivity index (χ2n) is 5.47. The highest BCUT2D eigenvalue weighted by atomic mass is 79.9. The molecule has 2 aromatic rings. The molecule has 2 rings (SSSR count). The summed E-state index contributed by atoms with van der Waals surface area (Å²) in [4.78, 5) is 11.9. The van der Waals surface area contributed by atoms with E-state index in [-0.39, 0.29) is 23.6 Å². The first kappa shape index (κ1) is 20.4. The lowest BCUT2D eigenvalue weighted by Crippen LogP contribution is -2.27. The van der Waals surface area contributed by atoms with Gasteiger partial charge in [-0.25, -0.2) is 13.2 Å². The first-order valence-electron chi connectivity index (χ1n) is 7.85. The molecule has 6 nitrogen and oxygen atoms in total. The SMILES string of the molecule is CCOC(=O)c1ccc(S(=O)(=O)N(C)Cc2ccc(OC)cc2)c(Br)c1. The molecular weight excluding hydrogens is 422 g/mol. The van der Waals surface area contributed by atoms with E-state index in [2.05, 4.69) is 15.9 Å². The average molecular weight is 442 g/mol. The Kier molecular flexibility index (Phi) is 6.80. The fraction of sp³-hybridized carbons (Fsp3) is 0.278. The summed E-state index contributed by atoms with van der Waals surface area (Å²) in [5.41, 5.74) is 1.12. The maximum atomic E-state index is 12.8. The summed E-state index contributed by atoms with van der Waals surface area (Å²) in [6.45, 7) is 2.17. The van der Waals surface area contributed by atoms with Crippen LogP contribution in [0.1, 0.15) is 22.8 Å². The van der Waals surface area contributed by atoms with Gasteiger partial charge in [0.25, 0.3) is 0 Å². The number of halogens is 1. The third kappa shape index (κ3) is 4.63. The van der Waals surface area contributed by atoms with Crippen molar-refractivity contribution in [3.05, 3.63) is 58.1 Å². The molecule has 0 fully saturated rings. The van der Waals surface area contributed by atoms with Crippen LogP contribution in [0.5, 0.6) is 5.75 Å². The number of carbonyl (C=O) groups excluding carboxylic acids is 1. The first-order valence-corrected chi connectivity index (χ1v) is 10.1. The summed E-state index contributed by atoms with van der Waals surface area (Å²) in [5, 5.41) is 0. The van der Waals surface area contributed by atoms with Crippen molar-refractivity contribution in [1.82, 2.24) is 4.31 Å². The summed E-state index contributed by atoms with van der Waals surface area (Å²) in [5.74, 6) is 0.209. The Balaban J connectivity index is 2.23. The van der Waals surface area contributed by atoms with Gasteiger partial charge in [0, 0.05) is 18.1 Å². The third-order valence-corrected chi connectivity index (χ3v) is 6.48. The average Bonchev–Trinajstić information content (AvgIpc) is 2.62. The Morgan fingerprint density at radius 2 is 1.81 bits per heavy atom. The van der Waals surface area contributed by atoms with Crippen molar-refractivity contribution in [1.29, 1.82) is 0 Å². The topological polar surface area (TPSA) is 72.9 Å². The lowest BCUT2D eigenvalue weighted by molar-refractivity contribution is 0.0526. The second-order valence-corrected chi connectivity index (χ2v) is 8.34. The number of hydrogen-bond acceptors (Lipinski definition) is 5. The molecule has 0 radical (unpaired) electrons. The lowest BCUT2D eigenvalue weighted by Gasteiger charge is -2.18. The van der Waals surface area contributed by atoms with E-state index in [9.17, 15) is 13.2 Å². The molecule has 0 aliphatic carbocycles. The van der Waals surface area contributed by atoms with E-state index in [1.165, 1.54) is 29.6 Å². The standard InChI is InChI=1S/C18H20BrNO5S/c1-4-25-18(21)14-7-10-17(16(19)11-14)26(22,23)20(2)12-13-5-8-15(24-3)9-6-13/h5-11H,4,12H2,1-3H3. The summed E-state index contributed by atoms with van der Waals surface area (Å²) in [7, 11) is -0.657. The number of sulfonamides is 1. The van der Waals surface area contributed by atoms with Crippen molar-refractivity contribution in [3.63, 3.8) is 0 Å². The first-order chi connectivity index (χ1) is 12.3. The molecule has 0 amide bonds. The minimum atomic E-state index is -3.74. The van der Waals surface area contributed by atoms with Gasteiger partial charge in [0.15, 0.2) is 0 Å². The largest absolute Gasteiger partial charge is 0.497 e. The molecule has 0 heterocycles. The zero-order valence-electron chi connectivity index (χ0n) is 14.7. The monoisotopic (exact) mass is 441 g/mol. The van der Waals surface area contributed by atoms with Crippen LogP contribution in [-0.2, 0) is 21.3 Å². The Morgan fingerprint density at radius 1 is 1.15 bits per heavy atom. The van der Waals surface area contributed by atoms with Crippen molar-refractivity contribution in [2.24, 2.45) is 0 Å². The number of benzene rings is 2. The van der Waals surface area contributed by atoms with Gasteiger partial charge < -0.3 is 9.47 Å². The minimum Gasteiger partial charge on any atom is -0.497 e. The van der Waals surface area contributed by atoms with E-state index in [1.54, 1.807) is 26.2 Å². The van der Waals surface area contributed by atoms with Crippen LogP contribution < -0.4 is 4.74 Å². The molecule has 0 N–H and O–H groups in total. The lowest BCUT2D eigenvalue weighted by atomic mass is 10.2. The molecule has 0 atom stereocenters. The van der Waals surface area contributed by atoms with Gasteiger partial charge >= 0.3 is 5.97 Å². The van der Waals surface area contributed by atoms with Crippen LogP contribution in [0.3, 0.4) is 0 Å². The van der Waals surface area contributed by atoms with E-state index in [4.69, 9.17) is 9.47 Å². The number of esters is 1. The minimum absolute atomic E-state index is 0.0848. The zero-order valence-corrected chi connectivity index (χ0v) is 17.1. The van der Waals surface area contributed by atoms with Crippen molar-refractivity contribution in [3.8, 4) is 5.75 Å². The van der Waals surface area contributed by atoms with E-state index < -0.39 is 16.0 Å². The van der Waals surface area contributed by atoms with Crippen LogP contribution in [0.25, 0.3) is 0 Å². The number of ether oxygens (including phenoxy) is 2. The third-order valence-electron chi connectivity index (χ3n) is 3.70. The molecule has 0 bridgehead atoms. The highest BCUT2D eigenvalue weighted by molar-refractivity contribution is 9.10. The quantitative estimate of drug-likeness (QED) is 0.615. The molecule has 0 unspecified atom stereocenters. The van der Waals surface area contributed by atoms with Crippen LogP contribution in [-0.4, -0.2) is 39.5 Å². The predicted molar refractivity (Wildman–Crippen MR) is 102 cm³/mol. The Labute approximate surface area is 161 Å². The summed E-state index contributed by atoms with van der Waals surface area (Å²) >= 11 is 3.24. The molecule has 8 heteroatoms. The normalized spacial score (nSPS) is 11.4. The van der Waals surface area contributed by atoms with Gasteiger partial charge in [-0.2, -0.15) is 4.31 Å². The van der Waals surface area contributed by atoms with Gasteiger partial charge in [0.05, 0.1) is 24.2 Å². The Hall–Kier alpha value is -1.90. The smallest absolute Gasteiger partial charge is 0.338 e. The van der Waals surface area contributed by atoms with E-state index in [1.807, 2.05) is 12.1 Å². The Bertz CT molecular complexity index is 881. The van der Waals surface area contributed by atoms with Crippen LogP contribution in [0, 0.1) is 0 Å². The number of methoxy groups -OCH3 is 1. The zero-order chi connectivity index (χ0) is 19.3. The van der Waals surface area contributed by atoms with Gasteiger partial charge in [0.1, 0.15) is 5.75 Å². The molecule has 2 aromatic carbocycles. The van der Waals surface area contributed by atoms with Crippen LogP contribution in [0.2, 0.25) is 0 Å². The summed E-state index contributed by atoms with van der Waals surface area (Å²) in [6, 6.07) is 11.5. The molecule has 0 aromatic heterocycles. The predicted octanol–water partition coefficient (Wildman–Crippen LogP) is 3.46. The van der Waals surface area contributed by atoms with Crippen LogP contribution >= 0.6 is 15.9 Å². The molecule has 0 saturated heterocycles. The maximum absolute atomic E-state index is 12.8. The molecule has 0 aliphatic heterocycles. The van der Waals surface area contributed by atoms with Crippen LogP contribution in [0.15, 0.2) is 51.8 Å². The molecule has 0 saturated carbocycles. The van der Waals surface area contributed by atoms with Gasteiger partial charge in [-0.05, 0) is 58.7 Å². The molecule has 140 valence electrons. The fourth-order valence-corrected chi connectivity index (χ4v) is 4.48. The Morgan fingerprint density at radius 3 is 2.35 bits per heavy atom. The number of rotatable bonds is 7. The van der Waals surface area contributed by atoms with E-state index in [0.717, 1.165) is 5.56 Å². The summed E-state index contributed by atoms with van der Waals surface area (Å²) in [6.07, 6.45) is 0. The van der Waals surface area contributed by atoms with Crippen molar-refractivity contribution in [2.45, 2.75) is 18.4 Å². The van der Waals surface area contributed by atoms with Crippen molar-refractivity contribution < 1.29 is 22.7 Å². The second kappa shape index (κ2) is 8.66. The number of carbonyl (C=O) groups is 1. The highest BCUT2D eigenvalue weighted by Crippen LogP contribution is 2.27. The number of hydrogen-bond donors (Lipinski definition) is 0.